The highest BCUT2D eigenvalue weighted by Crippen LogP contribution is 2.21. The maximum Gasteiger partial charge on any atom is 0.224 e. The van der Waals surface area contributed by atoms with Crippen molar-refractivity contribution in [1.29, 1.82) is 0 Å². The number of carbonyl (C=O) groups excluding carboxylic acids is 2. The van der Waals surface area contributed by atoms with Gasteiger partial charge in [-0.15, -0.1) is 0 Å². The zero-order valence-corrected chi connectivity index (χ0v) is 16.6. The van der Waals surface area contributed by atoms with Crippen molar-refractivity contribution < 1.29 is 14.3 Å². The number of Topliss-reactive ketones (excluding diaryl/α,β-unsaturated/α-hetero) is 1. The number of aromatic nitrogens is 1. The van der Waals surface area contributed by atoms with E-state index in [1.54, 1.807) is 7.11 Å². The van der Waals surface area contributed by atoms with E-state index in [1.807, 2.05) is 62.5 Å². The fraction of sp³-hybridized carbons (Fsp3) is 0.304. The van der Waals surface area contributed by atoms with E-state index in [0.717, 1.165) is 34.3 Å². The molecule has 3 rings (SSSR count). The first-order valence-corrected chi connectivity index (χ1v) is 9.46. The van der Waals surface area contributed by atoms with Gasteiger partial charge in [-0.3, -0.25) is 9.59 Å². The van der Waals surface area contributed by atoms with Gasteiger partial charge in [0.1, 0.15) is 0 Å². The second-order valence-electron chi connectivity index (χ2n) is 7.07. The van der Waals surface area contributed by atoms with Crippen LogP contribution in [-0.2, 0) is 16.1 Å². The number of fused-ring (bicyclic) bond motifs is 1. The number of nitrogens with zero attached hydrogens (tertiary/aromatic N) is 1. The van der Waals surface area contributed by atoms with Gasteiger partial charge in [0.25, 0.3) is 0 Å². The summed E-state index contributed by atoms with van der Waals surface area (Å²) in [6.07, 6.45) is 2.38. The molecule has 0 bridgehead atoms. The summed E-state index contributed by atoms with van der Waals surface area (Å²) < 4.78 is 7.25. The Bertz CT molecular complexity index is 1000. The highest BCUT2D eigenvalue weighted by Gasteiger charge is 2.12. The van der Waals surface area contributed by atoms with Crippen molar-refractivity contribution in [1.82, 2.24) is 4.57 Å². The summed E-state index contributed by atoms with van der Waals surface area (Å²) in [4.78, 5) is 24.7. The van der Waals surface area contributed by atoms with Crippen LogP contribution in [0.4, 0.5) is 5.69 Å². The number of hydrogen-bond acceptors (Lipinski definition) is 3. The molecule has 0 aliphatic heterocycles. The fourth-order valence-electron chi connectivity index (χ4n) is 3.28. The molecule has 0 atom stereocenters. The molecule has 146 valence electrons. The minimum Gasteiger partial charge on any atom is -0.383 e. The smallest absolute Gasteiger partial charge is 0.224 e. The Hall–Kier alpha value is -2.92. The maximum atomic E-state index is 12.4. The van der Waals surface area contributed by atoms with Crippen molar-refractivity contribution in [2.75, 3.05) is 19.0 Å². The van der Waals surface area contributed by atoms with E-state index in [2.05, 4.69) is 9.88 Å². The van der Waals surface area contributed by atoms with Crippen LogP contribution in [0, 0.1) is 13.8 Å². The molecular weight excluding hydrogens is 352 g/mol. The second-order valence-corrected chi connectivity index (χ2v) is 7.07. The average molecular weight is 378 g/mol. The first-order chi connectivity index (χ1) is 13.5. The maximum absolute atomic E-state index is 12.4. The van der Waals surface area contributed by atoms with Crippen LogP contribution in [0.15, 0.2) is 48.7 Å². The molecule has 3 aromatic rings. The summed E-state index contributed by atoms with van der Waals surface area (Å²) in [6, 6.07) is 13.7. The number of ether oxygens (including phenoxy) is 1. The monoisotopic (exact) mass is 378 g/mol. The van der Waals surface area contributed by atoms with E-state index >= 15 is 0 Å². The van der Waals surface area contributed by atoms with Gasteiger partial charge >= 0.3 is 0 Å². The number of hydrogen-bond donors (Lipinski definition) is 1. The minimum atomic E-state index is -0.156. The third-order valence-electron chi connectivity index (χ3n) is 4.86. The largest absolute Gasteiger partial charge is 0.383 e. The van der Waals surface area contributed by atoms with E-state index < -0.39 is 0 Å². The average Bonchev–Trinajstić information content (AvgIpc) is 3.08. The first kappa shape index (κ1) is 19.8. The standard InChI is InChI=1S/C23H26N2O3/c1-16-4-5-17(2)20(14-16)22(26)8-9-23(27)24-19-6-7-21-18(15-19)10-11-25(21)12-13-28-3/h4-7,10-11,14-15H,8-9,12-13H2,1-3H3,(H,24,27). The topological polar surface area (TPSA) is 60.3 Å². The SMILES string of the molecule is COCCn1ccc2cc(NC(=O)CCC(=O)c3cc(C)ccc3C)ccc21. The second kappa shape index (κ2) is 8.85. The molecule has 0 saturated carbocycles. The number of methoxy groups -OCH3 is 1. The Morgan fingerprint density at radius 1 is 1.04 bits per heavy atom. The van der Waals surface area contributed by atoms with Gasteiger partial charge in [0.2, 0.25) is 5.91 Å². The molecule has 0 radical (unpaired) electrons. The van der Waals surface area contributed by atoms with E-state index in [0.29, 0.717) is 12.2 Å². The lowest BCUT2D eigenvalue weighted by atomic mass is 9.99. The minimum absolute atomic E-state index is 0.00187. The lowest BCUT2D eigenvalue weighted by molar-refractivity contribution is -0.116. The van der Waals surface area contributed by atoms with Crippen molar-refractivity contribution in [3.05, 3.63) is 65.4 Å². The number of rotatable bonds is 8. The van der Waals surface area contributed by atoms with Crippen LogP contribution < -0.4 is 5.32 Å². The summed E-state index contributed by atoms with van der Waals surface area (Å²) in [5.74, 6) is -0.154. The van der Waals surface area contributed by atoms with Crippen molar-refractivity contribution >= 4 is 28.3 Å². The molecule has 0 saturated heterocycles. The number of anilines is 1. The van der Waals surface area contributed by atoms with Crippen molar-refractivity contribution in [3.8, 4) is 0 Å². The van der Waals surface area contributed by atoms with Gasteiger partial charge in [0.15, 0.2) is 5.78 Å². The van der Waals surface area contributed by atoms with E-state index in [9.17, 15) is 9.59 Å². The third-order valence-corrected chi connectivity index (χ3v) is 4.86. The summed E-state index contributed by atoms with van der Waals surface area (Å²) in [7, 11) is 1.68. The Morgan fingerprint density at radius 3 is 2.64 bits per heavy atom. The van der Waals surface area contributed by atoms with Crippen LogP contribution in [0.2, 0.25) is 0 Å². The molecule has 1 N–H and O–H groups in total. The van der Waals surface area contributed by atoms with Crippen molar-refractivity contribution in [2.24, 2.45) is 0 Å². The molecule has 0 fully saturated rings. The van der Waals surface area contributed by atoms with Crippen LogP contribution in [0.3, 0.4) is 0 Å². The van der Waals surface area contributed by atoms with Gasteiger partial charge in [0, 0.05) is 54.8 Å². The molecule has 0 aliphatic rings. The highest BCUT2D eigenvalue weighted by atomic mass is 16.5. The molecule has 0 unspecified atom stereocenters. The molecule has 1 aromatic heterocycles. The van der Waals surface area contributed by atoms with Gasteiger partial charge in [-0.2, -0.15) is 0 Å². The van der Waals surface area contributed by atoms with Crippen LogP contribution in [0.5, 0.6) is 0 Å². The van der Waals surface area contributed by atoms with Crippen molar-refractivity contribution in [2.45, 2.75) is 33.2 Å². The molecule has 0 aliphatic carbocycles. The van der Waals surface area contributed by atoms with E-state index in [-0.39, 0.29) is 24.5 Å². The number of nitrogens with one attached hydrogen (secondary N) is 1. The quantitative estimate of drug-likeness (QED) is 0.587. The van der Waals surface area contributed by atoms with Gasteiger partial charge < -0.3 is 14.6 Å². The van der Waals surface area contributed by atoms with Crippen LogP contribution in [-0.4, -0.2) is 30.0 Å². The van der Waals surface area contributed by atoms with Gasteiger partial charge in [0.05, 0.1) is 6.61 Å². The number of amides is 1. The molecule has 5 heteroatoms. The fourth-order valence-corrected chi connectivity index (χ4v) is 3.28. The predicted octanol–water partition coefficient (Wildman–Crippen LogP) is 4.51. The molecular formula is C23H26N2O3. The van der Waals surface area contributed by atoms with Crippen LogP contribution >= 0.6 is 0 Å². The molecule has 0 spiro atoms. The number of benzene rings is 2. The Balaban J connectivity index is 1.60. The van der Waals surface area contributed by atoms with E-state index in [4.69, 9.17) is 4.74 Å². The molecule has 2 aromatic carbocycles. The van der Waals surface area contributed by atoms with Gasteiger partial charge in [-0.05, 0) is 49.7 Å². The summed E-state index contributed by atoms with van der Waals surface area (Å²) in [6.45, 7) is 5.31. The Kier molecular flexibility index (Phi) is 6.26. The van der Waals surface area contributed by atoms with E-state index in [1.165, 1.54) is 0 Å². The third kappa shape index (κ3) is 4.67. The number of aryl methyl sites for hydroxylation is 2. The van der Waals surface area contributed by atoms with Crippen LogP contribution in [0.25, 0.3) is 10.9 Å². The highest BCUT2D eigenvalue weighted by molar-refractivity contribution is 6.01. The number of ketones is 1. The lowest BCUT2D eigenvalue weighted by Crippen LogP contribution is -2.14. The molecule has 28 heavy (non-hydrogen) atoms. The Labute approximate surface area is 165 Å². The molecule has 5 nitrogen and oxygen atoms in total. The van der Waals surface area contributed by atoms with Crippen molar-refractivity contribution in [3.63, 3.8) is 0 Å². The zero-order valence-electron chi connectivity index (χ0n) is 16.6. The molecule has 1 amide bonds. The first-order valence-electron chi connectivity index (χ1n) is 9.46. The van der Waals surface area contributed by atoms with Gasteiger partial charge in [-0.1, -0.05) is 17.7 Å². The molecule has 1 heterocycles. The normalized spacial score (nSPS) is 11.0. The summed E-state index contributed by atoms with van der Waals surface area (Å²) >= 11 is 0. The summed E-state index contributed by atoms with van der Waals surface area (Å²) in [5.41, 5.74) is 4.52. The number of carbonyl (C=O) groups is 2. The Morgan fingerprint density at radius 2 is 1.86 bits per heavy atom. The zero-order chi connectivity index (χ0) is 20.1. The van der Waals surface area contributed by atoms with Gasteiger partial charge in [-0.25, -0.2) is 0 Å². The summed E-state index contributed by atoms with van der Waals surface area (Å²) in [5, 5.41) is 3.95. The lowest BCUT2D eigenvalue weighted by Gasteiger charge is -2.08. The predicted molar refractivity (Wildman–Crippen MR) is 112 cm³/mol. The van der Waals surface area contributed by atoms with Crippen LogP contribution in [0.1, 0.15) is 34.3 Å².